The van der Waals surface area contributed by atoms with Gasteiger partial charge in [0.2, 0.25) is 0 Å². The topological polar surface area (TPSA) is 47.0 Å². The highest BCUT2D eigenvalue weighted by Crippen LogP contribution is 2.27. The van der Waals surface area contributed by atoms with Crippen molar-refractivity contribution < 1.29 is 9.13 Å². The fourth-order valence-corrected chi connectivity index (χ4v) is 1.72. The quantitative estimate of drug-likeness (QED) is 0.929. The minimum atomic E-state index is -0.420. The molecule has 0 amide bonds. The van der Waals surface area contributed by atoms with Gasteiger partial charge in [-0.25, -0.2) is 14.4 Å². The summed E-state index contributed by atoms with van der Waals surface area (Å²) in [5.74, 6) is -0.101. The van der Waals surface area contributed by atoms with Gasteiger partial charge in [0.25, 0.3) is 0 Å². The standard InChI is InChI=1S/C15H17ClFN3O/c1-15(2,3)20-9-10-7-18-14(19-8-10)21-13-5-4-11(17)6-12(13)16/h4-8,20H,9H2,1-3H3. The molecule has 6 heteroatoms. The van der Waals surface area contributed by atoms with E-state index in [4.69, 9.17) is 16.3 Å². The minimum Gasteiger partial charge on any atom is -0.423 e. The van der Waals surface area contributed by atoms with E-state index in [1.165, 1.54) is 18.2 Å². The van der Waals surface area contributed by atoms with E-state index < -0.39 is 5.82 Å². The smallest absolute Gasteiger partial charge is 0.321 e. The average Bonchev–Trinajstić information content (AvgIpc) is 2.40. The van der Waals surface area contributed by atoms with Gasteiger partial charge >= 0.3 is 6.01 Å². The molecule has 1 N–H and O–H groups in total. The SMILES string of the molecule is CC(C)(C)NCc1cnc(Oc2ccc(F)cc2Cl)nc1. The first-order valence-electron chi connectivity index (χ1n) is 6.52. The maximum atomic E-state index is 12.9. The molecule has 1 heterocycles. The molecule has 0 fully saturated rings. The van der Waals surface area contributed by atoms with E-state index in [-0.39, 0.29) is 16.6 Å². The van der Waals surface area contributed by atoms with Crippen LogP contribution in [0.3, 0.4) is 0 Å². The Bertz CT molecular complexity index is 611. The number of halogens is 2. The lowest BCUT2D eigenvalue weighted by Crippen LogP contribution is -2.35. The second kappa shape index (κ2) is 6.37. The molecule has 0 radical (unpaired) electrons. The lowest BCUT2D eigenvalue weighted by Gasteiger charge is -2.20. The van der Waals surface area contributed by atoms with Crippen LogP contribution in [0.1, 0.15) is 26.3 Å². The zero-order valence-electron chi connectivity index (χ0n) is 12.2. The molecule has 0 aliphatic heterocycles. The van der Waals surface area contributed by atoms with Crippen LogP contribution in [-0.2, 0) is 6.54 Å². The molecule has 2 rings (SSSR count). The Kier molecular flexibility index (Phi) is 4.75. The van der Waals surface area contributed by atoms with E-state index in [1.807, 2.05) is 0 Å². The Labute approximate surface area is 128 Å². The van der Waals surface area contributed by atoms with Gasteiger partial charge in [-0.2, -0.15) is 0 Å². The molecule has 2 aromatic rings. The lowest BCUT2D eigenvalue weighted by atomic mass is 10.1. The number of hydrogen-bond donors (Lipinski definition) is 1. The van der Waals surface area contributed by atoms with Crippen LogP contribution in [0, 0.1) is 5.82 Å². The number of benzene rings is 1. The number of hydrogen-bond acceptors (Lipinski definition) is 4. The molecule has 0 saturated heterocycles. The predicted molar refractivity (Wildman–Crippen MR) is 80.1 cm³/mol. The minimum absolute atomic E-state index is 0.0246. The highest BCUT2D eigenvalue weighted by molar-refractivity contribution is 6.32. The van der Waals surface area contributed by atoms with Crippen molar-refractivity contribution in [2.75, 3.05) is 0 Å². The van der Waals surface area contributed by atoms with Crippen LogP contribution >= 0.6 is 11.6 Å². The van der Waals surface area contributed by atoms with Crippen molar-refractivity contribution in [2.45, 2.75) is 32.9 Å². The van der Waals surface area contributed by atoms with Crippen molar-refractivity contribution in [3.63, 3.8) is 0 Å². The Morgan fingerprint density at radius 3 is 2.48 bits per heavy atom. The molecule has 0 unspecified atom stereocenters. The first kappa shape index (κ1) is 15.7. The van der Waals surface area contributed by atoms with Crippen molar-refractivity contribution in [3.8, 4) is 11.8 Å². The molecular formula is C15H17ClFN3O. The molecule has 1 aromatic heterocycles. The van der Waals surface area contributed by atoms with Gasteiger partial charge < -0.3 is 10.1 Å². The van der Waals surface area contributed by atoms with Crippen LogP contribution in [0.4, 0.5) is 4.39 Å². The van der Waals surface area contributed by atoms with Crippen molar-refractivity contribution in [1.29, 1.82) is 0 Å². The number of rotatable bonds is 4. The fraction of sp³-hybridized carbons (Fsp3) is 0.333. The Morgan fingerprint density at radius 2 is 1.90 bits per heavy atom. The van der Waals surface area contributed by atoms with Gasteiger partial charge in [-0.05, 0) is 39.0 Å². The van der Waals surface area contributed by atoms with Crippen LogP contribution in [0.25, 0.3) is 0 Å². The summed E-state index contributed by atoms with van der Waals surface area (Å²) in [6.45, 7) is 6.92. The Balaban J connectivity index is 2.02. The zero-order chi connectivity index (χ0) is 15.5. The molecular weight excluding hydrogens is 293 g/mol. The maximum Gasteiger partial charge on any atom is 0.321 e. The van der Waals surface area contributed by atoms with E-state index in [2.05, 4.69) is 36.1 Å². The zero-order valence-corrected chi connectivity index (χ0v) is 12.9. The van der Waals surface area contributed by atoms with Crippen LogP contribution in [0.15, 0.2) is 30.6 Å². The maximum absolute atomic E-state index is 12.9. The van der Waals surface area contributed by atoms with Gasteiger partial charge in [0.15, 0.2) is 0 Å². The summed E-state index contributed by atoms with van der Waals surface area (Å²) in [5.41, 5.74) is 0.971. The van der Waals surface area contributed by atoms with Gasteiger partial charge in [0, 0.05) is 30.0 Å². The first-order valence-corrected chi connectivity index (χ1v) is 6.90. The number of nitrogens with zero attached hydrogens (tertiary/aromatic N) is 2. The second-order valence-electron chi connectivity index (χ2n) is 5.65. The third-order valence-electron chi connectivity index (χ3n) is 2.60. The first-order chi connectivity index (χ1) is 9.83. The van der Waals surface area contributed by atoms with E-state index in [0.29, 0.717) is 12.3 Å². The van der Waals surface area contributed by atoms with Crippen LogP contribution in [-0.4, -0.2) is 15.5 Å². The highest BCUT2D eigenvalue weighted by Gasteiger charge is 2.10. The van der Waals surface area contributed by atoms with Gasteiger partial charge in [-0.3, -0.25) is 0 Å². The molecule has 0 bridgehead atoms. The van der Waals surface area contributed by atoms with Gasteiger partial charge in [-0.15, -0.1) is 0 Å². The van der Waals surface area contributed by atoms with Crippen LogP contribution < -0.4 is 10.1 Å². The molecule has 21 heavy (non-hydrogen) atoms. The van der Waals surface area contributed by atoms with Crippen molar-refractivity contribution in [3.05, 3.63) is 47.0 Å². The summed E-state index contributed by atoms with van der Waals surface area (Å²) in [4.78, 5) is 8.22. The number of nitrogens with one attached hydrogen (secondary N) is 1. The van der Waals surface area contributed by atoms with Gasteiger partial charge in [0.05, 0.1) is 5.02 Å². The fourth-order valence-electron chi connectivity index (χ4n) is 1.51. The van der Waals surface area contributed by atoms with Crippen molar-refractivity contribution >= 4 is 11.6 Å². The average molecular weight is 310 g/mol. The Morgan fingerprint density at radius 1 is 1.24 bits per heavy atom. The largest absolute Gasteiger partial charge is 0.423 e. The monoisotopic (exact) mass is 309 g/mol. The summed E-state index contributed by atoms with van der Waals surface area (Å²) >= 11 is 5.88. The number of aromatic nitrogens is 2. The normalized spacial score (nSPS) is 11.5. The Hall–Kier alpha value is -1.72. The molecule has 0 aliphatic rings. The summed E-state index contributed by atoms with van der Waals surface area (Å²) in [5, 5.41) is 3.52. The molecule has 0 atom stereocenters. The van der Waals surface area contributed by atoms with Crippen molar-refractivity contribution in [2.24, 2.45) is 0 Å². The molecule has 112 valence electrons. The van der Waals surface area contributed by atoms with Gasteiger partial charge in [0.1, 0.15) is 11.6 Å². The summed E-state index contributed by atoms with van der Waals surface area (Å²) in [6.07, 6.45) is 3.36. The van der Waals surface area contributed by atoms with E-state index in [1.54, 1.807) is 12.4 Å². The second-order valence-corrected chi connectivity index (χ2v) is 6.06. The van der Waals surface area contributed by atoms with E-state index in [0.717, 1.165) is 5.56 Å². The number of ether oxygens (including phenoxy) is 1. The summed E-state index contributed by atoms with van der Waals surface area (Å²) < 4.78 is 18.4. The third kappa shape index (κ3) is 4.95. The molecule has 4 nitrogen and oxygen atoms in total. The lowest BCUT2D eigenvalue weighted by molar-refractivity contribution is 0.419. The third-order valence-corrected chi connectivity index (χ3v) is 2.90. The summed E-state index contributed by atoms with van der Waals surface area (Å²) in [7, 11) is 0. The van der Waals surface area contributed by atoms with Crippen LogP contribution in [0.2, 0.25) is 5.02 Å². The highest BCUT2D eigenvalue weighted by atomic mass is 35.5. The van der Waals surface area contributed by atoms with E-state index in [9.17, 15) is 4.39 Å². The molecule has 1 aromatic carbocycles. The van der Waals surface area contributed by atoms with E-state index >= 15 is 0 Å². The van der Waals surface area contributed by atoms with Crippen LogP contribution in [0.5, 0.6) is 11.8 Å². The molecule has 0 spiro atoms. The summed E-state index contributed by atoms with van der Waals surface area (Å²) in [6, 6.07) is 4.06. The van der Waals surface area contributed by atoms with Crippen molar-refractivity contribution in [1.82, 2.24) is 15.3 Å². The van der Waals surface area contributed by atoms with Gasteiger partial charge in [-0.1, -0.05) is 11.6 Å². The predicted octanol–water partition coefficient (Wildman–Crippen LogP) is 3.95. The molecule has 0 saturated carbocycles. The molecule has 0 aliphatic carbocycles.